The van der Waals surface area contributed by atoms with E-state index in [0.29, 0.717) is 17.6 Å². The van der Waals surface area contributed by atoms with Gasteiger partial charge in [0.15, 0.2) is 0 Å². The molecule has 4 fully saturated rings. The molecule has 0 radical (unpaired) electrons. The van der Waals surface area contributed by atoms with E-state index in [2.05, 4.69) is 44.2 Å². The van der Waals surface area contributed by atoms with Crippen LogP contribution >= 0.6 is 0 Å². The normalized spacial score (nSPS) is 47.7. The van der Waals surface area contributed by atoms with Gasteiger partial charge in [-0.15, -0.1) is 0 Å². The van der Waals surface area contributed by atoms with Gasteiger partial charge in [-0.3, -0.25) is 4.79 Å². The van der Waals surface area contributed by atoms with Gasteiger partial charge in [0.05, 0.1) is 0 Å². The predicted molar refractivity (Wildman–Crippen MR) is 115 cm³/mol. The maximum Gasteiger partial charge on any atom is 0.133 e. The summed E-state index contributed by atoms with van der Waals surface area (Å²) in [6, 6.07) is 11.2. The molecule has 4 aliphatic rings. The van der Waals surface area contributed by atoms with Gasteiger partial charge in [0, 0.05) is 5.92 Å². The van der Waals surface area contributed by atoms with Crippen LogP contribution in [0.15, 0.2) is 30.3 Å². The van der Waals surface area contributed by atoms with Gasteiger partial charge < -0.3 is 0 Å². The number of ketones is 1. The molecule has 0 aliphatic heterocycles. The summed E-state index contributed by atoms with van der Waals surface area (Å²) in [5, 5.41) is 0. The largest absolute Gasteiger partial charge is 0.300 e. The fourth-order valence-corrected chi connectivity index (χ4v) is 8.87. The zero-order chi connectivity index (χ0) is 19.5. The topological polar surface area (TPSA) is 17.1 Å². The molecule has 0 heterocycles. The highest BCUT2D eigenvalue weighted by Gasteiger charge is 2.61. The zero-order valence-electron chi connectivity index (χ0n) is 18.1. The average Bonchev–Trinajstić information content (AvgIpc) is 3.02. The van der Waals surface area contributed by atoms with Crippen LogP contribution in [0.3, 0.4) is 0 Å². The van der Waals surface area contributed by atoms with E-state index in [1.54, 1.807) is 0 Å². The lowest BCUT2D eigenvalue weighted by molar-refractivity contribution is -0.128. The molecule has 5 rings (SSSR count). The van der Waals surface area contributed by atoms with E-state index in [4.69, 9.17) is 0 Å². The van der Waals surface area contributed by atoms with Gasteiger partial charge in [-0.05, 0) is 104 Å². The summed E-state index contributed by atoms with van der Waals surface area (Å²) in [6.07, 6.45) is 11.0. The molecule has 0 amide bonds. The van der Waals surface area contributed by atoms with E-state index >= 15 is 0 Å². The molecule has 152 valence electrons. The minimum absolute atomic E-state index is 0.225. The van der Waals surface area contributed by atoms with Gasteiger partial charge in [-0.25, -0.2) is 0 Å². The molecule has 0 spiro atoms. The molecule has 0 bridgehead atoms. The summed E-state index contributed by atoms with van der Waals surface area (Å²) in [5.41, 5.74) is 1.73. The van der Waals surface area contributed by atoms with Crippen molar-refractivity contribution in [2.24, 2.45) is 46.8 Å². The second kappa shape index (κ2) is 6.99. The van der Waals surface area contributed by atoms with Crippen molar-refractivity contribution in [2.75, 3.05) is 0 Å². The van der Waals surface area contributed by atoms with Gasteiger partial charge >= 0.3 is 0 Å². The first-order valence-corrected chi connectivity index (χ1v) is 12.0. The molecule has 0 N–H and O–H groups in total. The van der Waals surface area contributed by atoms with Crippen molar-refractivity contribution in [1.29, 1.82) is 0 Å². The van der Waals surface area contributed by atoms with Crippen LogP contribution in [-0.4, -0.2) is 5.78 Å². The molecule has 9 atom stereocenters. The van der Waals surface area contributed by atoms with Gasteiger partial charge in [0.2, 0.25) is 0 Å². The standard InChI is InChI=1S/C27H38O/c1-17-9-11-21-20(15-17)10-12-23-22(21)13-14-27(3)25(18(2)28)16-24(26(23)27)19-7-5-4-6-8-19/h4-8,17,20-26H,9-16H2,1-3H3/t17-,20+,21-,22+,23+,24-,25+,26?,27+/m0/s1. The summed E-state index contributed by atoms with van der Waals surface area (Å²) >= 11 is 0. The highest BCUT2D eigenvalue weighted by Crippen LogP contribution is 2.68. The molecule has 1 aromatic carbocycles. The number of benzene rings is 1. The molecular formula is C27H38O. The van der Waals surface area contributed by atoms with Crippen LogP contribution < -0.4 is 0 Å². The Morgan fingerprint density at radius 3 is 2.43 bits per heavy atom. The predicted octanol–water partition coefficient (Wildman–Crippen LogP) is 6.87. The van der Waals surface area contributed by atoms with Crippen LogP contribution in [0.4, 0.5) is 0 Å². The Morgan fingerprint density at radius 2 is 1.68 bits per heavy atom. The van der Waals surface area contributed by atoms with E-state index in [0.717, 1.165) is 36.0 Å². The van der Waals surface area contributed by atoms with Crippen molar-refractivity contribution in [3.05, 3.63) is 35.9 Å². The molecule has 0 aromatic heterocycles. The minimum atomic E-state index is 0.225. The Morgan fingerprint density at radius 1 is 0.929 bits per heavy atom. The highest BCUT2D eigenvalue weighted by atomic mass is 16.1. The highest BCUT2D eigenvalue weighted by molar-refractivity contribution is 5.80. The quantitative estimate of drug-likeness (QED) is 0.548. The first-order valence-electron chi connectivity index (χ1n) is 12.0. The molecule has 1 nitrogen and oxygen atoms in total. The number of fused-ring (bicyclic) bond motifs is 5. The first kappa shape index (κ1) is 18.9. The summed E-state index contributed by atoms with van der Waals surface area (Å²) < 4.78 is 0. The fraction of sp³-hybridized carbons (Fsp3) is 0.741. The Bertz CT molecular complexity index is 723. The first-order chi connectivity index (χ1) is 13.5. The molecule has 1 heteroatoms. The molecular weight excluding hydrogens is 340 g/mol. The van der Waals surface area contributed by atoms with E-state index in [9.17, 15) is 4.79 Å². The van der Waals surface area contributed by atoms with Gasteiger partial charge in [-0.1, -0.05) is 50.6 Å². The van der Waals surface area contributed by atoms with Crippen molar-refractivity contribution in [2.45, 2.75) is 78.1 Å². The molecule has 4 saturated carbocycles. The Hall–Kier alpha value is -1.11. The van der Waals surface area contributed by atoms with Crippen molar-refractivity contribution >= 4 is 5.78 Å². The second-order valence-electron chi connectivity index (χ2n) is 11.2. The second-order valence-corrected chi connectivity index (χ2v) is 11.2. The lowest BCUT2D eigenvalue weighted by atomic mass is 9.48. The number of carbonyl (C=O) groups excluding carboxylic acids is 1. The molecule has 0 saturated heterocycles. The Balaban J connectivity index is 1.51. The van der Waals surface area contributed by atoms with Crippen LogP contribution in [0.1, 0.15) is 83.6 Å². The van der Waals surface area contributed by atoms with E-state index in [-0.39, 0.29) is 11.3 Å². The van der Waals surface area contributed by atoms with Crippen molar-refractivity contribution in [3.8, 4) is 0 Å². The molecule has 1 unspecified atom stereocenters. The van der Waals surface area contributed by atoms with Crippen molar-refractivity contribution < 1.29 is 4.79 Å². The maximum absolute atomic E-state index is 12.7. The lowest BCUT2D eigenvalue weighted by Crippen LogP contribution is -2.50. The van der Waals surface area contributed by atoms with Crippen LogP contribution in [0, 0.1) is 46.8 Å². The number of rotatable bonds is 2. The van der Waals surface area contributed by atoms with Crippen LogP contribution in [0.2, 0.25) is 0 Å². The zero-order valence-corrected chi connectivity index (χ0v) is 18.1. The molecule has 28 heavy (non-hydrogen) atoms. The van der Waals surface area contributed by atoms with Crippen LogP contribution in [-0.2, 0) is 4.79 Å². The number of hydrogen-bond donors (Lipinski definition) is 0. The Labute approximate surface area is 171 Å². The van der Waals surface area contributed by atoms with Crippen molar-refractivity contribution in [3.63, 3.8) is 0 Å². The number of carbonyl (C=O) groups is 1. The van der Waals surface area contributed by atoms with E-state index in [1.165, 1.54) is 50.5 Å². The van der Waals surface area contributed by atoms with Crippen LogP contribution in [0.5, 0.6) is 0 Å². The van der Waals surface area contributed by atoms with E-state index < -0.39 is 0 Å². The third-order valence-electron chi connectivity index (χ3n) is 9.95. The van der Waals surface area contributed by atoms with E-state index in [1.807, 2.05) is 6.92 Å². The Kier molecular flexibility index (Phi) is 4.72. The summed E-state index contributed by atoms with van der Waals surface area (Å²) in [4.78, 5) is 12.7. The molecule has 4 aliphatic carbocycles. The van der Waals surface area contributed by atoms with Crippen molar-refractivity contribution in [1.82, 2.24) is 0 Å². The lowest BCUT2D eigenvalue weighted by Gasteiger charge is -2.57. The third-order valence-corrected chi connectivity index (χ3v) is 9.95. The smallest absolute Gasteiger partial charge is 0.133 e. The monoisotopic (exact) mass is 378 g/mol. The summed E-state index contributed by atoms with van der Waals surface area (Å²) in [5.74, 6) is 6.72. The summed E-state index contributed by atoms with van der Waals surface area (Å²) in [6.45, 7) is 6.84. The maximum atomic E-state index is 12.7. The van der Waals surface area contributed by atoms with Gasteiger partial charge in [0.1, 0.15) is 5.78 Å². The van der Waals surface area contributed by atoms with Gasteiger partial charge in [0.25, 0.3) is 0 Å². The SMILES string of the molecule is CC(=O)[C@H]1C[C@@H](c2ccccc2)C2[C@@H]3CC[C@@H]4C[C@@H](C)CC[C@@H]4[C@H]3CC[C@@]21C. The average molecular weight is 379 g/mol. The van der Waals surface area contributed by atoms with Crippen LogP contribution in [0.25, 0.3) is 0 Å². The summed E-state index contributed by atoms with van der Waals surface area (Å²) in [7, 11) is 0. The number of Topliss-reactive ketones (excluding diaryl/α,β-unsaturated/α-hetero) is 1. The third kappa shape index (κ3) is 2.83. The molecule has 1 aromatic rings. The fourth-order valence-electron chi connectivity index (χ4n) is 8.87. The van der Waals surface area contributed by atoms with Gasteiger partial charge in [-0.2, -0.15) is 0 Å². The minimum Gasteiger partial charge on any atom is -0.300 e. The number of hydrogen-bond acceptors (Lipinski definition) is 1.